The summed E-state index contributed by atoms with van der Waals surface area (Å²) in [5.41, 5.74) is 0. The van der Waals surface area contributed by atoms with E-state index in [1.807, 2.05) is 0 Å². The van der Waals surface area contributed by atoms with Gasteiger partial charge < -0.3 is 0 Å². The van der Waals surface area contributed by atoms with Gasteiger partial charge in [0.05, 0.1) is 0 Å². The molecule has 0 radical (unpaired) electrons. The molecule has 0 unspecified atom stereocenters. The number of hydrogen-bond donors (Lipinski definition) is 0. The molecule has 0 aliphatic carbocycles. The van der Waals surface area contributed by atoms with E-state index < -0.39 is 0 Å². The maximum absolute atomic E-state index is 13.1. The molecule has 11 heavy (non-hydrogen) atoms. The van der Waals surface area contributed by atoms with Gasteiger partial charge in [0.15, 0.2) is 0 Å². The zero-order valence-corrected chi connectivity index (χ0v) is 7.07. The summed E-state index contributed by atoms with van der Waals surface area (Å²) in [5, 5.41) is 0.301. The molecule has 0 fully saturated rings. The molecule has 54 valence electrons. The molecule has 0 spiro atoms. The first kappa shape index (κ1) is 8.93. The SMILES string of the molecule is [Li][c]1ccc(Cl)c(OC)c1F. The molecule has 0 heterocycles. The van der Waals surface area contributed by atoms with Crippen molar-refractivity contribution >= 4 is 33.6 Å². The molecule has 1 rings (SSSR count). The van der Waals surface area contributed by atoms with Gasteiger partial charge in [0, 0.05) is 0 Å². The zero-order chi connectivity index (χ0) is 8.43. The van der Waals surface area contributed by atoms with Gasteiger partial charge in [-0.3, -0.25) is 0 Å². The Bertz CT molecular complexity index is 277. The molecule has 4 heteroatoms. The second-order valence-corrected chi connectivity index (χ2v) is 2.62. The summed E-state index contributed by atoms with van der Waals surface area (Å²) >= 11 is 7.30. The molecule has 0 aromatic heterocycles. The summed E-state index contributed by atoms with van der Waals surface area (Å²) in [6, 6.07) is 3.22. The second kappa shape index (κ2) is 3.49. The van der Waals surface area contributed by atoms with Crippen molar-refractivity contribution in [3.63, 3.8) is 0 Å². The molecule has 0 aliphatic rings. The van der Waals surface area contributed by atoms with Crippen molar-refractivity contribution in [1.82, 2.24) is 0 Å². The van der Waals surface area contributed by atoms with Gasteiger partial charge in [0.25, 0.3) is 0 Å². The van der Waals surface area contributed by atoms with Gasteiger partial charge in [-0.1, -0.05) is 0 Å². The Kier molecular flexibility index (Phi) is 2.83. The topological polar surface area (TPSA) is 9.23 Å². The Morgan fingerprint density at radius 1 is 1.55 bits per heavy atom. The minimum absolute atomic E-state index is 0.117. The third-order valence-corrected chi connectivity index (χ3v) is 1.74. The first-order valence-electron chi connectivity index (χ1n) is 3.15. The first-order chi connectivity index (χ1) is 5.16. The van der Waals surface area contributed by atoms with E-state index >= 15 is 0 Å². The maximum atomic E-state index is 13.1. The fourth-order valence-corrected chi connectivity index (χ4v) is 1.04. The fraction of sp³-hybridized carbons (Fsp3) is 0.143. The van der Waals surface area contributed by atoms with Gasteiger partial charge in [0.1, 0.15) is 0 Å². The third kappa shape index (κ3) is 1.70. The molecule has 0 atom stereocenters. The summed E-state index contributed by atoms with van der Waals surface area (Å²) in [5.74, 6) is -0.272. The van der Waals surface area contributed by atoms with Crippen molar-refractivity contribution in [1.29, 1.82) is 0 Å². The van der Waals surface area contributed by atoms with Crippen molar-refractivity contribution in [2.24, 2.45) is 0 Å². The molecular formula is C7H5ClFLiO. The number of ether oxygens (including phenoxy) is 1. The van der Waals surface area contributed by atoms with Gasteiger partial charge in [-0.25, -0.2) is 0 Å². The van der Waals surface area contributed by atoms with E-state index in [1.54, 1.807) is 29.8 Å². The standard InChI is InChI=1S/C7H5ClFO.Li/c1-10-7-5(8)3-2-4-6(7)9;/h2-3H,1H3;. The monoisotopic (exact) mass is 166 g/mol. The normalized spacial score (nSPS) is 9.91. The molecule has 1 aromatic carbocycles. The Morgan fingerprint density at radius 3 is 2.64 bits per heavy atom. The van der Waals surface area contributed by atoms with E-state index in [9.17, 15) is 4.39 Å². The number of methoxy groups -OCH3 is 1. The van der Waals surface area contributed by atoms with E-state index in [0.717, 1.165) is 0 Å². The Labute approximate surface area is 78.7 Å². The van der Waals surface area contributed by atoms with Crippen LogP contribution in [0.4, 0.5) is 4.39 Å². The Balaban J connectivity index is 3.29. The van der Waals surface area contributed by atoms with Gasteiger partial charge in [-0.15, -0.1) is 0 Å². The Morgan fingerprint density at radius 2 is 2.18 bits per heavy atom. The van der Waals surface area contributed by atoms with Crippen molar-refractivity contribution in [3.8, 4) is 5.75 Å². The minimum atomic E-state index is -0.389. The summed E-state index contributed by atoms with van der Waals surface area (Å²) in [6.45, 7) is 0. The molecule has 1 aromatic rings. The van der Waals surface area contributed by atoms with Crippen LogP contribution in [-0.4, -0.2) is 24.8 Å². The van der Waals surface area contributed by atoms with E-state index in [4.69, 9.17) is 16.3 Å². The van der Waals surface area contributed by atoms with Crippen LogP contribution in [0.1, 0.15) is 0 Å². The predicted octanol–water partition coefficient (Wildman–Crippen LogP) is 1.28. The van der Waals surface area contributed by atoms with Crippen molar-refractivity contribution < 1.29 is 9.13 Å². The number of benzene rings is 1. The summed E-state index contributed by atoms with van der Waals surface area (Å²) in [7, 11) is 1.39. The number of halogens is 2. The zero-order valence-electron chi connectivity index (χ0n) is 6.32. The van der Waals surface area contributed by atoms with Crippen molar-refractivity contribution in [3.05, 3.63) is 23.0 Å². The van der Waals surface area contributed by atoms with Gasteiger partial charge in [-0.05, 0) is 0 Å². The van der Waals surface area contributed by atoms with E-state index in [2.05, 4.69) is 0 Å². The van der Waals surface area contributed by atoms with Gasteiger partial charge >= 0.3 is 78.5 Å². The van der Waals surface area contributed by atoms with E-state index in [0.29, 0.717) is 9.26 Å². The van der Waals surface area contributed by atoms with Crippen LogP contribution in [0, 0.1) is 5.82 Å². The van der Waals surface area contributed by atoms with Crippen molar-refractivity contribution in [2.75, 3.05) is 7.11 Å². The molecule has 0 aliphatic heterocycles. The summed E-state index contributed by atoms with van der Waals surface area (Å²) in [6.07, 6.45) is 0. The van der Waals surface area contributed by atoms with Crippen LogP contribution in [-0.2, 0) is 0 Å². The van der Waals surface area contributed by atoms with Crippen LogP contribution >= 0.6 is 11.6 Å². The van der Waals surface area contributed by atoms with E-state index in [1.165, 1.54) is 7.11 Å². The molecule has 0 bridgehead atoms. The average Bonchev–Trinajstić information content (AvgIpc) is 1.99. The summed E-state index contributed by atoms with van der Waals surface area (Å²) < 4.78 is 18.3. The Hall–Kier alpha value is -0.163. The molecule has 0 amide bonds. The molecule has 0 N–H and O–H groups in total. The van der Waals surface area contributed by atoms with Gasteiger partial charge in [-0.2, -0.15) is 0 Å². The average molecular weight is 167 g/mol. The van der Waals surface area contributed by atoms with Crippen LogP contribution in [0.5, 0.6) is 5.75 Å². The quantitative estimate of drug-likeness (QED) is 0.571. The van der Waals surface area contributed by atoms with Crippen LogP contribution in [0.15, 0.2) is 12.1 Å². The molecular weight excluding hydrogens is 161 g/mol. The van der Waals surface area contributed by atoms with Crippen LogP contribution in [0.25, 0.3) is 0 Å². The number of rotatable bonds is 1. The molecule has 1 nitrogen and oxygen atoms in total. The third-order valence-electron chi connectivity index (χ3n) is 1.45. The second-order valence-electron chi connectivity index (χ2n) is 2.21. The first-order valence-corrected chi connectivity index (χ1v) is 3.53. The van der Waals surface area contributed by atoms with Crippen LogP contribution < -0.4 is 8.97 Å². The predicted molar refractivity (Wildman–Crippen MR) is 43.4 cm³/mol. The van der Waals surface area contributed by atoms with E-state index in [-0.39, 0.29) is 11.6 Å². The van der Waals surface area contributed by atoms with Gasteiger partial charge in [0.2, 0.25) is 0 Å². The molecule has 0 saturated heterocycles. The van der Waals surface area contributed by atoms with Crippen molar-refractivity contribution in [2.45, 2.75) is 0 Å². The van der Waals surface area contributed by atoms with Crippen LogP contribution in [0.2, 0.25) is 5.02 Å². The fourth-order valence-electron chi connectivity index (χ4n) is 0.818. The van der Waals surface area contributed by atoms with Crippen LogP contribution in [0.3, 0.4) is 0 Å². The number of hydrogen-bond acceptors (Lipinski definition) is 1. The molecule has 0 saturated carbocycles. The summed E-state index contributed by atoms with van der Waals surface area (Å²) in [4.78, 5) is 0.